The van der Waals surface area contributed by atoms with Crippen LogP contribution in [0.15, 0.2) is 0 Å². The van der Waals surface area contributed by atoms with Crippen LogP contribution in [0.5, 0.6) is 0 Å². The highest BCUT2D eigenvalue weighted by molar-refractivity contribution is 5.77. The van der Waals surface area contributed by atoms with Crippen LogP contribution < -0.4 is 0 Å². The van der Waals surface area contributed by atoms with Crippen molar-refractivity contribution in [1.82, 2.24) is 4.90 Å². The molecule has 1 rings (SSSR count). The molecule has 1 heterocycles. The number of carbonyl (C=O) groups is 2. The average Bonchev–Trinajstić information content (AvgIpc) is 2.62. The summed E-state index contributed by atoms with van der Waals surface area (Å²) in [5.41, 5.74) is 0. The first-order chi connectivity index (χ1) is 8.65. The van der Waals surface area contributed by atoms with Crippen LogP contribution in [0.25, 0.3) is 0 Å². The quantitative estimate of drug-likeness (QED) is 0.793. The van der Waals surface area contributed by atoms with Gasteiger partial charge in [-0.3, -0.25) is 9.59 Å². The van der Waals surface area contributed by atoms with Gasteiger partial charge in [0.05, 0.1) is 5.92 Å². The Morgan fingerprint density at radius 2 is 1.72 bits per heavy atom. The summed E-state index contributed by atoms with van der Waals surface area (Å²) in [6.45, 7) is 3.68. The van der Waals surface area contributed by atoms with Gasteiger partial charge in [-0.15, -0.1) is 0 Å². The van der Waals surface area contributed by atoms with Gasteiger partial charge in [-0.2, -0.15) is 0 Å². The normalized spacial score (nSPS) is 18.2. The summed E-state index contributed by atoms with van der Waals surface area (Å²) in [4.78, 5) is 24.9. The molecule has 4 nitrogen and oxygen atoms in total. The zero-order valence-corrected chi connectivity index (χ0v) is 11.4. The van der Waals surface area contributed by atoms with Crippen molar-refractivity contribution >= 4 is 11.9 Å². The van der Waals surface area contributed by atoms with Gasteiger partial charge in [0.2, 0.25) is 5.91 Å². The number of rotatable bonds is 6. The minimum Gasteiger partial charge on any atom is -0.481 e. The van der Waals surface area contributed by atoms with E-state index in [1.165, 1.54) is 12.8 Å². The van der Waals surface area contributed by atoms with Gasteiger partial charge < -0.3 is 10.0 Å². The second-order valence-corrected chi connectivity index (χ2v) is 5.16. The molecule has 1 unspecified atom stereocenters. The molecule has 0 aromatic carbocycles. The highest BCUT2D eigenvalue weighted by atomic mass is 16.4. The maximum Gasteiger partial charge on any atom is 0.306 e. The Labute approximate surface area is 109 Å². The van der Waals surface area contributed by atoms with Gasteiger partial charge in [0, 0.05) is 19.5 Å². The van der Waals surface area contributed by atoms with Gasteiger partial charge in [0.15, 0.2) is 0 Å². The fraction of sp³-hybridized carbons (Fsp3) is 0.857. The zero-order valence-electron chi connectivity index (χ0n) is 11.4. The Balaban J connectivity index is 2.35. The van der Waals surface area contributed by atoms with Crippen LogP contribution in [-0.4, -0.2) is 35.0 Å². The van der Waals surface area contributed by atoms with Crippen LogP contribution >= 0.6 is 0 Å². The van der Waals surface area contributed by atoms with Crippen LogP contribution in [0.3, 0.4) is 0 Å². The number of carboxylic acids is 1. The molecule has 1 N–H and O–H groups in total. The van der Waals surface area contributed by atoms with Gasteiger partial charge in [-0.05, 0) is 25.7 Å². The summed E-state index contributed by atoms with van der Waals surface area (Å²) in [6.07, 6.45) is 6.98. The molecule has 1 saturated heterocycles. The zero-order chi connectivity index (χ0) is 13.4. The molecule has 4 heteroatoms. The van der Waals surface area contributed by atoms with Crippen molar-refractivity contribution in [2.24, 2.45) is 5.92 Å². The molecule has 18 heavy (non-hydrogen) atoms. The number of nitrogens with zero attached hydrogens (tertiary/aromatic N) is 1. The average molecular weight is 255 g/mol. The molecule has 104 valence electrons. The molecular formula is C14H25NO3. The molecule has 1 aliphatic heterocycles. The largest absolute Gasteiger partial charge is 0.481 e. The van der Waals surface area contributed by atoms with Crippen LogP contribution in [0.1, 0.15) is 58.3 Å². The van der Waals surface area contributed by atoms with Crippen molar-refractivity contribution < 1.29 is 14.7 Å². The Morgan fingerprint density at radius 3 is 2.22 bits per heavy atom. The third-order valence-corrected chi connectivity index (χ3v) is 3.65. The van der Waals surface area contributed by atoms with E-state index in [1.54, 1.807) is 0 Å². The van der Waals surface area contributed by atoms with Gasteiger partial charge >= 0.3 is 5.97 Å². The lowest BCUT2D eigenvalue weighted by Gasteiger charge is -2.21. The van der Waals surface area contributed by atoms with Crippen molar-refractivity contribution in [2.45, 2.75) is 58.3 Å². The van der Waals surface area contributed by atoms with Crippen molar-refractivity contribution in [3.63, 3.8) is 0 Å². The summed E-state index contributed by atoms with van der Waals surface area (Å²) >= 11 is 0. The van der Waals surface area contributed by atoms with Crippen molar-refractivity contribution in [3.8, 4) is 0 Å². The molecule has 0 aromatic heterocycles. The van der Waals surface area contributed by atoms with E-state index in [-0.39, 0.29) is 11.8 Å². The Hall–Kier alpha value is -1.06. The number of likely N-dealkylation sites (tertiary alicyclic amines) is 1. The molecule has 0 bridgehead atoms. The van der Waals surface area contributed by atoms with Gasteiger partial charge in [0.25, 0.3) is 0 Å². The number of hydrogen-bond acceptors (Lipinski definition) is 2. The minimum atomic E-state index is -0.763. The molecule has 1 aliphatic rings. The molecule has 0 radical (unpaired) electrons. The SMILES string of the molecule is CCCC(CCC(=O)N1CCCCCC1)C(=O)O. The van der Waals surface area contributed by atoms with E-state index in [1.807, 2.05) is 11.8 Å². The molecule has 0 aliphatic carbocycles. The molecule has 1 atom stereocenters. The summed E-state index contributed by atoms with van der Waals surface area (Å²) in [5, 5.41) is 9.05. The lowest BCUT2D eigenvalue weighted by Crippen LogP contribution is -2.32. The van der Waals surface area contributed by atoms with E-state index in [2.05, 4.69) is 0 Å². The molecule has 1 amide bonds. The predicted octanol–water partition coefficient (Wildman–Crippen LogP) is 2.67. The first kappa shape index (κ1) is 15.0. The third kappa shape index (κ3) is 5.07. The highest BCUT2D eigenvalue weighted by Crippen LogP contribution is 2.16. The predicted molar refractivity (Wildman–Crippen MR) is 70.3 cm³/mol. The molecule has 0 aromatic rings. The molecule has 1 fully saturated rings. The second-order valence-electron chi connectivity index (χ2n) is 5.16. The molecule has 0 saturated carbocycles. The lowest BCUT2D eigenvalue weighted by molar-refractivity contribution is -0.142. The van der Waals surface area contributed by atoms with E-state index >= 15 is 0 Å². The smallest absolute Gasteiger partial charge is 0.306 e. The van der Waals surface area contributed by atoms with Crippen molar-refractivity contribution in [3.05, 3.63) is 0 Å². The van der Waals surface area contributed by atoms with E-state index in [4.69, 9.17) is 5.11 Å². The maximum atomic E-state index is 12.0. The van der Waals surface area contributed by atoms with Gasteiger partial charge in [-0.25, -0.2) is 0 Å². The monoisotopic (exact) mass is 255 g/mol. The van der Waals surface area contributed by atoms with E-state index in [0.717, 1.165) is 32.4 Å². The first-order valence-electron chi connectivity index (χ1n) is 7.15. The fourth-order valence-electron chi connectivity index (χ4n) is 2.52. The third-order valence-electron chi connectivity index (χ3n) is 3.65. The Kier molecular flexibility index (Phi) is 6.76. The lowest BCUT2D eigenvalue weighted by atomic mass is 9.98. The topological polar surface area (TPSA) is 57.6 Å². The first-order valence-corrected chi connectivity index (χ1v) is 7.15. The van der Waals surface area contributed by atoms with Gasteiger partial charge in [-0.1, -0.05) is 26.2 Å². The van der Waals surface area contributed by atoms with Crippen LogP contribution in [0.2, 0.25) is 0 Å². The number of hydrogen-bond donors (Lipinski definition) is 1. The number of carboxylic acid groups (broad SMARTS) is 1. The summed E-state index contributed by atoms with van der Waals surface area (Å²) in [7, 11) is 0. The number of carbonyl (C=O) groups excluding carboxylic acids is 1. The maximum absolute atomic E-state index is 12.0. The fourth-order valence-corrected chi connectivity index (χ4v) is 2.52. The van der Waals surface area contributed by atoms with Crippen molar-refractivity contribution in [1.29, 1.82) is 0 Å². The van der Waals surface area contributed by atoms with Gasteiger partial charge in [0.1, 0.15) is 0 Å². The second kappa shape index (κ2) is 8.11. The standard InChI is InChI=1S/C14H25NO3/c1-2-7-12(14(17)18)8-9-13(16)15-10-5-3-4-6-11-15/h12H,2-11H2,1H3,(H,17,18). The number of aliphatic carboxylic acids is 1. The van der Waals surface area contributed by atoms with E-state index in [0.29, 0.717) is 19.3 Å². The highest BCUT2D eigenvalue weighted by Gasteiger charge is 2.20. The minimum absolute atomic E-state index is 0.138. The van der Waals surface area contributed by atoms with Crippen LogP contribution in [0, 0.1) is 5.92 Å². The molecule has 0 spiro atoms. The summed E-state index contributed by atoms with van der Waals surface area (Å²) in [5.74, 6) is -0.981. The van der Waals surface area contributed by atoms with Crippen LogP contribution in [0.4, 0.5) is 0 Å². The van der Waals surface area contributed by atoms with Crippen molar-refractivity contribution in [2.75, 3.05) is 13.1 Å². The van der Waals surface area contributed by atoms with E-state index < -0.39 is 5.97 Å². The summed E-state index contributed by atoms with van der Waals surface area (Å²) < 4.78 is 0. The Morgan fingerprint density at radius 1 is 1.11 bits per heavy atom. The molecular weight excluding hydrogens is 230 g/mol. The van der Waals surface area contributed by atoms with E-state index in [9.17, 15) is 9.59 Å². The number of amides is 1. The van der Waals surface area contributed by atoms with Crippen LogP contribution in [-0.2, 0) is 9.59 Å². The Bertz CT molecular complexity index is 270. The summed E-state index contributed by atoms with van der Waals surface area (Å²) in [6, 6.07) is 0.